The average molecular weight is 1060 g/mol. The third-order valence-corrected chi connectivity index (χ3v) is 18.0. The number of H-pyrrole nitrogens is 1. The van der Waals surface area contributed by atoms with Crippen molar-refractivity contribution in [2.45, 2.75) is 127 Å². The van der Waals surface area contributed by atoms with Gasteiger partial charge in [-0.05, 0) is 112 Å². The van der Waals surface area contributed by atoms with E-state index in [1.54, 1.807) is 46.2 Å². The van der Waals surface area contributed by atoms with Gasteiger partial charge in [-0.15, -0.1) is 0 Å². The Hall–Kier alpha value is -6.11. The molecule has 16 nitrogen and oxygen atoms in total. The second kappa shape index (κ2) is 22.3. The molecule has 0 radical (unpaired) electrons. The summed E-state index contributed by atoms with van der Waals surface area (Å²) in [4.78, 5) is 90.9. The van der Waals surface area contributed by atoms with Crippen molar-refractivity contribution >= 4 is 40.3 Å². The highest BCUT2D eigenvalue weighted by atomic mass is 19.1. The molecule has 2 aliphatic carbocycles. The van der Waals surface area contributed by atoms with Crippen LogP contribution < -0.4 is 10.9 Å². The van der Waals surface area contributed by atoms with E-state index < -0.39 is 34.9 Å². The number of carbonyl (C=O) groups is 5. The summed E-state index contributed by atoms with van der Waals surface area (Å²) >= 11 is 0. The standard InChI is InChI=1S/C59H72F2N8O8/c1-58-35-59(36-58,37-76-58)57(75)69-22-8-11-40(33-69)43-14-7-15-46(51(43)61)53(71)62-52(39-9-3-2-4-10-39)56(74)67-25-20-42(21-26-67)77-41-18-23-65(24-19-41)34-50(70)66-27-29-68(30-28-66)55(73)47-31-38(16-17-48(47)60)32-49-44-12-5-6-13-45(44)54(72)64-63-49/h5-7,12-17,31,39-42,52H,2-4,8-11,18-30,32-37H2,1H3,(H,62,71)(H,64,72)/t40?,52-,58?,59?/m1/s1. The molecule has 3 aromatic carbocycles. The minimum absolute atomic E-state index is 0.00942. The highest BCUT2D eigenvalue weighted by molar-refractivity contribution is 5.98. The minimum atomic E-state index is -0.764. The number of amides is 5. The summed E-state index contributed by atoms with van der Waals surface area (Å²) in [5, 5.41) is 11.0. The number of nitrogens with zero attached hydrogens (tertiary/aromatic N) is 6. The quantitative estimate of drug-likeness (QED) is 0.157. The number of aromatic nitrogens is 2. The second-order valence-corrected chi connectivity index (χ2v) is 23.4. The molecule has 4 aromatic rings. The molecule has 7 heterocycles. The van der Waals surface area contributed by atoms with Crippen LogP contribution in [-0.2, 0) is 30.3 Å². The number of fused-ring (bicyclic) bond motifs is 2. The molecule has 77 heavy (non-hydrogen) atoms. The van der Waals surface area contributed by atoms with E-state index in [1.165, 1.54) is 12.1 Å². The molecule has 410 valence electrons. The van der Waals surface area contributed by atoms with Crippen molar-refractivity contribution in [3.05, 3.63) is 111 Å². The lowest BCUT2D eigenvalue weighted by atomic mass is 9.62. The summed E-state index contributed by atoms with van der Waals surface area (Å²) < 4.78 is 44.2. The van der Waals surface area contributed by atoms with Gasteiger partial charge in [0.2, 0.25) is 17.7 Å². The number of piperidine rings is 3. The molecule has 6 aliphatic heterocycles. The van der Waals surface area contributed by atoms with E-state index in [9.17, 15) is 28.8 Å². The number of hydrogen-bond donors (Lipinski definition) is 2. The zero-order valence-corrected chi connectivity index (χ0v) is 44.3. The molecule has 5 amide bonds. The maximum atomic E-state index is 16.5. The molecule has 8 aliphatic rings. The third-order valence-electron chi connectivity index (χ3n) is 18.0. The van der Waals surface area contributed by atoms with Crippen LogP contribution in [0.5, 0.6) is 0 Å². The van der Waals surface area contributed by atoms with E-state index in [0.29, 0.717) is 112 Å². The van der Waals surface area contributed by atoms with Crippen molar-refractivity contribution in [1.82, 2.24) is 40.0 Å². The van der Waals surface area contributed by atoms with E-state index in [2.05, 4.69) is 27.3 Å². The van der Waals surface area contributed by atoms with Gasteiger partial charge in [0, 0.05) is 83.2 Å². The normalized spacial score (nSPS) is 25.2. The lowest BCUT2D eigenvalue weighted by Gasteiger charge is -2.45. The molecule has 0 spiro atoms. The average Bonchev–Trinajstić information content (AvgIpc) is 3.98. The van der Waals surface area contributed by atoms with Crippen LogP contribution in [0.25, 0.3) is 10.8 Å². The number of halogens is 2. The van der Waals surface area contributed by atoms with Crippen molar-refractivity contribution < 1.29 is 42.2 Å². The minimum Gasteiger partial charge on any atom is -0.375 e. The second-order valence-electron chi connectivity index (χ2n) is 23.4. The summed E-state index contributed by atoms with van der Waals surface area (Å²) in [5.74, 6) is -2.54. The number of aromatic amines is 1. The van der Waals surface area contributed by atoms with E-state index >= 15 is 8.78 Å². The van der Waals surface area contributed by atoms with Gasteiger partial charge in [0.1, 0.15) is 17.7 Å². The van der Waals surface area contributed by atoms with Gasteiger partial charge in [-0.25, -0.2) is 13.9 Å². The molecular weight excluding hydrogens is 987 g/mol. The number of hydrogen-bond acceptors (Lipinski definition) is 10. The Morgan fingerprint density at radius 2 is 1.45 bits per heavy atom. The predicted octanol–water partition coefficient (Wildman–Crippen LogP) is 6.20. The first-order chi connectivity index (χ1) is 37.2. The molecule has 18 heteroatoms. The van der Waals surface area contributed by atoms with Gasteiger partial charge in [0.05, 0.1) is 58.6 Å². The highest BCUT2D eigenvalue weighted by Crippen LogP contribution is 2.58. The fourth-order valence-electron chi connectivity index (χ4n) is 13.8. The highest BCUT2D eigenvalue weighted by Gasteiger charge is 2.64. The smallest absolute Gasteiger partial charge is 0.272 e. The fraction of sp³-hybridized carbons (Fsp3) is 0.576. The number of piperazine rings is 1. The molecule has 12 rings (SSSR count). The Morgan fingerprint density at radius 1 is 0.753 bits per heavy atom. The van der Waals surface area contributed by atoms with Crippen LogP contribution in [0.4, 0.5) is 8.78 Å². The summed E-state index contributed by atoms with van der Waals surface area (Å²) in [6.07, 6.45) is 10.8. The van der Waals surface area contributed by atoms with Crippen molar-refractivity contribution in [3.63, 3.8) is 0 Å². The summed E-state index contributed by atoms with van der Waals surface area (Å²) in [6.45, 7) is 7.46. The fourth-order valence-corrected chi connectivity index (χ4v) is 13.8. The Morgan fingerprint density at radius 3 is 2.17 bits per heavy atom. The number of ether oxygens (including phenoxy) is 2. The first kappa shape index (κ1) is 52.9. The first-order valence-corrected chi connectivity index (χ1v) is 28.2. The lowest BCUT2D eigenvalue weighted by molar-refractivity contribution is -0.147. The van der Waals surface area contributed by atoms with Crippen LogP contribution in [0.15, 0.2) is 65.5 Å². The monoisotopic (exact) mass is 1060 g/mol. The van der Waals surface area contributed by atoms with Gasteiger partial charge in [-0.3, -0.25) is 33.7 Å². The predicted molar refractivity (Wildman–Crippen MR) is 283 cm³/mol. The van der Waals surface area contributed by atoms with Crippen LogP contribution in [0, 0.1) is 23.0 Å². The van der Waals surface area contributed by atoms with Gasteiger partial charge < -0.3 is 34.4 Å². The molecule has 1 unspecified atom stereocenters. The number of carbonyl (C=O) groups excluding carboxylic acids is 5. The maximum absolute atomic E-state index is 16.5. The van der Waals surface area contributed by atoms with Crippen molar-refractivity contribution in [2.75, 3.05) is 78.6 Å². The van der Waals surface area contributed by atoms with Crippen LogP contribution in [-0.4, -0.2) is 167 Å². The zero-order valence-electron chi connectivity index (χ0n) is 44.3. The SMILES string of the molecule is CC12CC(C(=O)N3CCCC(c4cccc(C(=O)N[C@@H](C(=O)N5CCC(OC6CCN(CC(=O)N7CCN(C(=O)c8cc(Cc9n[nH]c(=O)c%10ccccc9%10)ccc8F)CC7)CC6)CC5)C5CCCCC5)c4F)C3)(CO1)C2. The topological polar surface area (TPSA) is 178 Å². The van der Waals surface area contributed by atoms with E-state index in [1.807, 2.05) is 21.9 Å². The third kappa shape index (κ3) is 11.2. The van der Waals surface area contributed by atoms with Gasteiger partial charge in [-0.2, -0.15) is 5.10 Å². The number of nitrogens with one attached hydrogen (secondary N) is 2. The summed E-state index contributed by atoms with van der Waals surface area (Å²) in [7, 11) is 0. The Kier molecular flexibility index (Phi) is 15.3. The van der Waals surface area contributed by atoms with Gasteiger partial charge in [-0.1, -0.05) is 55.7 Å². The van der Waals surface area contributed by atoms with Gasteiger partial charge in [0.25, 0.3) is 17.4 Å². The van der Waals surface area contributed by atoms with Crippen LogP contribution in [0.2, 0.25) is 0 Å². The van der Waals surface area contributed by atoms with Crippen LogP contribution >= 0.6 is 0 Å². The van der Waals surface area contributed by atoms with Gasteiger partial charge >= 0.3 is 0 Å². The molecule has 1 aromatic heterocycles. The molecule has 8 fully saturated rings. The lowest BCUT2D eigenvalue weighted by Crippen LogP contribution is -2.55. The Bertz CT molecular complexity index is 2930. The Balaban J connectivity index is 0.624. The molecule has 2 atom stereocenters. The molecule has 2 bridgehead atoms. The number of benzene rings is 3. The van der Waals surface area contributed by atoms with E-state index in [4.69, 9.17) is 9.47 Å². The molecular formula is C59H72F2N8O8. The van der Waals surface area contributed by atoms with Crippen LogP contribution in [0.1, 0.15) is 134 Å². The summed E-state index contributed by atoms with van der Waals surface area (Å²) in [6, 6.07) is 15.8. The maximum Gasteiger partial charge on any atom is 0.272 e. The first-order valence-electron chi connectivity index (χ1n) is 28.2. The number of likely N-dealkylation sites (tertiary alicyclic amines) is 3. The van der Waals surface area contributed by atoms with E-state index in [-0.39, 0.29) is 83.7 Å². The van der Waals surface area contributed by atoms with Gasteiger partial charge in [0.15, 0.2) is 0 Å². The molecule has 2 saturated carbocycles. The Labute approximate surface area is 448 Å². The number of rotatable bonds is 13. The summed E-state index contributed by atoms with van der Waals surface area (Å²) in [5.41, 5.74) is 0.648. The molecule has 6 saturated heterocycles. The van der Waals surface area contributed by atoms with Crippen LogP contribution in [0.3, 0.4) is 0 Å². The van der Waals surface area contributed by atoms with Crippen molar-refractivity contribution in [1.29, 1.82) is 0 Å². The zero-order chi connectivity index (χ0) is 53.4. The van der Waals surface area contributed by atoms with Crippen molar-refractivity contribution in [3.8, 4) is 0 Å². The molecule has 2 N–H and O–H groups in total. The largest absolute Gasteiger partial charge is 0.375 e. The van der Waals surface area contributed by atoms with Crippen molar-refractivity contribution in [2.24, 2.45) is 11.3 Å². The van der Waals surface area contributed by atoms with E-state index in [0.717, 1.165) is 64.2 Å².